The lowest BCUT2D eigenvalue weighted by Gasteiger charge is -2.01. The molecule has 0 spiro atoms. The van der Waals surface area contributed by atoms with Gasteiger partial charge in [0.2, 0.25) is 0 Å². The maximum atomic E-state index is 12.8. The smallest absolute Gasteiger partial charge is 0.123 e. The van der Waals surface area contributed by atoms with Gasteiger partial charge in [0.15, 0.2) is 0 Å². The van der Waals surface area contributed by atoms with Gasteiger partial charge in [0, 0.05) is 0 Å². The van der Waals surface area contributed by atoms with Crippen molar-refractivity contribution >= 4 is 10.8 Å². The monoisotopic (exact) mass is 176 g/mol. The van der Waals surface area contributed by atoms with Crippen LogP contribution in [0.4, 0.5) is 4.39 Å². The molecular formula is C11H9FO. The number of halogens is 1. The molecule has 0 heterocycles. The second-order valence-electron chi connectivity index (χ2n) is 2.86. The molecule has 0 unspecified atom stereocenters. The SMILES string of the molecule is COc1ccc2ccc(F)cc2c1. The summed E-state index contributed by atoms with van der Waals surface area (Å²) in [6.07, 6.45) is 0. The van der Waals surface area contributed by atoms with Crippen LogP contribution < -0.4 is 4.74 Å². The van der Waals surface area contributed by atoms with Gasteiger partial charge >= 0.3 is 0 Å². The van der Waals surface area contributed by atoms with E-state index in [0.29, 0.717) is 0 Å². The fourth-order valence-corrected chi connectivity index (χ4v) is 1.32. The topological polar surface area (TPSA) is 9.23 Å². The summed E-state index contributed by atoms with van der Waals surface area (Å²) in [5.74, 6) is 0.527. The molecule has 0 N–H and O–H groups in total. The molecule has 0 aromatic heterocycles. The first-order chi connectivity index (χ1) is 6.29. The molecule has 66 valence electrons. The Morgan fingerprint density at radius 3 is 2.54 bits per heavy atom. The zero-order valence-corrected chi connectivity index (χ0v) is 7.25. The van der Waals surface area contributed by atoms with Gasteiger partial charge in [0.05, 0.1) is 7.11 Å². The number of methoxy groups -OCH3 is 1. The number of ether oxygens (including phenoxy) is 1. The Morgan fingerprint density at radius 2 is 1.77 bits per heavy atom. The second kappa shape index (κ2) is 3.05. The molecule has 0 atom stereocenters. The minimum atomic E-state index is -0.222. The summed E-state index contributed by atoms with van der Waals surface area (Å²) in [4.78, 5) is 0. The van der Waals surface area contributed by atoms with Crippen LogP contribution in [0.3, 0.4) is 0 Å². The van der Waals surface area contributed by atoms with Crippen molar-refractivity contribution in [3.63, 3.8) is 0 Å². The Bertz CT molecular complexity index is 437. The minimum Gasteiger partial charge on any atom is -0.497 e. The van der Waals surface area contributed by atoms with Crippen LogP contribution in [0.15, 0.2) is 36.4 Å². The largest absolute Gasteiger partial charge is 0.497 e. The first-order valence-electron chi connectivity index (χ1n) is 4.03. The fourth-order valence-electron chi connectivity index (χ4n) is 1.32. The summed E-state index contributed by atoms with van der Waals surface area (Å²) in [6.45, 7) is 0. The van der Waals surface area contributed by atoms with E-state index in [1.54, 1.807) is 13.2 Å². The van der Waals surface area contributed by atoms with Crippen molar-refractivity contribution in [1.29, 1.82) is 0 Å². The Balaban J connectivity index is 2.68. The van der Waals surface area contributed by atoms with Crippen LogP contribution in [-0.2, 0) is 0 Å². The first-order valence-corrected chi connectivity index (χ1v) is 4.03. The van der Waals surface area contributed by atoms with E-state index in [1.165, 1.54) is 12.1 Å². The normalized spacial score (nSPS) is 10.3. The fraction of sp³-hybridized carbons (Fsp3) is 0.0909. The van der Waals surface area contributed by atoms with Gasteiger partial charge in [0.25, 0.3) is 0 Å². The molecule has 0 aliphatic carbocycles. The zero-order valence-electron chi connectivity index (χ0n) is 7.25. The van der Waals surface area contributed by atoms with Crippen LogP contribution in [0.5, 0.6) is 5.75 Å². The highest BCUT2D eigenvalue weighted by Gasteiger charge is 1.97. The molecule has 0 aliphatic rings. The summed E-state index contributed by atoms with van der Waals surface area (Å²) in [7, 11) is 1.60. The van der Waals surface area contributed by atoms with Gasteiger partial charge in [-0.05, 0) is 35.0 Å². The van der Waals surface area contributed by atoms with Crippen molar-refractivity contribution in [2.75, 3.05) is 7.11 Å². The number of benzene rings is 2. The van der Waals surface area contributed by atoms with E-state index in [2.05, 4.69) is 0 Å². The number of fused-ring (bicyclic) bond motifs is 1. The molecule has 0 aliphatic heterocycles. The molecule has 13 heavy (non-hydrogen) atoms. The van der Waals surface area contributed by atoms with Crippen molar-refractivity contribution < 1.29 is 9.13 Å². The third-order valence-electron chi connectivity index (χ3n) is 2.01. The van der Waals surface area contributed by atoms with Crippen molar-refractivity contribution in [2.24, 2.45) is 0 Å². The number of rotatable bonds is 1. The molecule has 0 amide bonds. The summed E-state index contributed by atoms with van der Waals surface area (Å²) in [5.41, 5.74) is 0. The van der Waals surface area contributed by atoms with Gasteiger partial charge in [-0.2, -0.15) is 0 Å². The van der Waals surface area contributed by atoms with Crippen LogP contribution in [0, 0.1) is 5.82 Å². The van der Waals surface area contributed by atoms with Gasteiger partial charge in [-0.3, -0.25) is 0 Å². The summed E-state index contributed by atoms with van der Waals surface area (Å²) < 4.78 is 17.9. The number of hydrogen-bond donors (Lipinski definition) is 0. The maximum Gasteiger partial charge on any atom is 0.123 e. The van der Waals surface area contributed by atoms with E-state index in [1.807, 2.05) is 18.2 Å². The average molecular weight is 176 g/mol. The molecule has 0 bridgehead atoms. The van der Waals surface area contributed by atoms with E-state index >= 15 is 0 Å². The lowest BCUT2D eigenvalue weighted by Crippen LogP contribution is -1.82. The molecule has 2 rings (SSSR count). The predicted octanol–water partition coefficient (Wildman–Crippen LogP) is 2.99. The van der Waals surface area contributed by atoms with Crippen molar-refractivity contribution in [1.82, 2.24) is 0 Å². The van der Waals surface area contributed by atoms with Crippen molar-refractivity contribution in [3.8, 4) is 5.75 Å². The van der Waals surface area contributed by atoms with E-state index in [9.17, 15) is 4.39 Å². The van der Waals surface area contributed by atoms with Crippen LogP contribution >= 0.6 is 0 Å². The van der Waals surface area contributed by atoms with Crippen LogP contribution in [0.1, 0.15) is 0 Å². The van der Waals surface area contributed by atoms with Gasteiger partial charge in [-0.25, -0.2) is 4.39 Å². The zero-order chi connectivity index (χ0) is 9.26. The molecule has 0 radical (unpaired) electrons. The molecule has 0 saturated heterocycles. The van der Waals surface area contributed by atoms with Crippen molar-refractivity contribution in [2.45, 2.75) is 0 Å². The van der Waals surface area contributed by atoms with Crippen LogP contribution in [-0.4, -0.2) is 7.11 Å². The van der Waals surface area contributed by atoms with E-state index in [4.69, 9.17) is 4.74 Å². The molecule has 2 heteroatoms. The molecule has 0 fully saturated rings. The van der Waals surface area contributed by atoms with Gasteiger partial charge in [-0.1, -0.05) is 12.1 Å². The summed E-state index contributed by atoms with van der Waals surface area (Å²) in [6, 6.07) is 10.3. The maximum absolute atomic E-state index is 12.8. The first kappa shape index (κ1) is 8.05. The minimum absolute atomic E-state index is 0.222. The lowest BCUT2D eigenvalue weighted by atomic mass is 10.1. The molecular weight excluding hydrogens is 167 g/mol. The molecule has 0 saturated carbocycles. The van der Waals surface area contributed by atoms with Gasteiger partial charge in [-0.15, -0.1) is 0 Å². The van der Waals surface area contributed by atoms with E-state index in [0.717, 1.165) is 16.5 Å². The average Bonchev–Trinajstić information content (AvgIpc) is 2.16. The highest BCUT2D eigenvalue weighted by Crippen LogP contribution is 2.21. The molecule has 2 aromatic rings. The predicted molar refractivity (Wildman–Crippen MR) is 50.5 cm³/mol. The third kappa shape index (κ3) is 1.47. The Morgan fingerprint density at radius 1 is 1.00 bits per heavy atom. The lowest BCUT2D eigenvalue weighted by molar-refractivity contribution is 0.415. The second-order valence-corrected chi connectivity index (χ2v) is 2.86. The van der Waals surface area contributed by atoms with Crippen LogP contribution in [0.25, 0.3) is 10.8 Å². The Labute approximate surface area is 75.8 Å². The molecule has 2 aromatic carbocycles. The standard InChI is InChI=1S/C11H9FO/c1-13-11-5-3-8-2-4-10(12)6-9(8)7-11/h2-7H,1H3. The Kier molecular flexibility index (Phi) is 1.89. The van der Waals surface area contributed by atoms with Gasteiger partial charge in [0.1, 0.15) is 11.6 Å². The van der Waals surface area contributed by atoms with E-state index in [-0.39, 0.29) is 5.82 Å². The number of hydrogen-bond acceptors (Lipinski definition) is 1. The highest BCUT2D eigenvalue weighted by atomic mass is 19.1. The summed E-state index contributed by atoms with van der Waals surface area (Å²) >= 11 is 0. The van der Waals surface area contributed by atoms with E-state index < -0.39 is 0 Å². The Hall–Kier alpha value is -1.57. The third-order valence-corrected chi connectivity index (χ3v) is 2.01. The summed E-state index contributed by atoms with van der Waals surface area (Å²) in [5, 5.41) is 1.88. The van der Waals surface area contributed by atoms with Crippen molar-refractivity contribution in [3.05, 3.63) is 42.2 Å². The quantitative estimate of drug-likeness (QED) is 0.649. The van der Waals surface area contributed by atoms with Crippen LogP contribution in [0.2, 0.25) is 0 Å². The molecule has 1 nitrogen and oxygen atoms in total. The van der Waals surface area contributed by atoms with Gasteiger partial charge < -0.3 is 4.74 Å². The highest BCUT2D eigenvalue weighted by molar-refractivity contribution is 5.83.